The van der Waals surface area contributed by atoms with Crippen molar-refractivity contribution in [3.63, 3.8) is 0 Å². The number of Topliss-reactive ketones (excluding diaryl/α,β-unsaturated/α-hetero) is 1. The van der Waals surface area contributed by atoms with Gasteiger partial charge in [0.05, 0.1) is 5.02 Å². The molecular weight excluding hydrogens is 263 g/mol. The fourth-order valence-electron chi connectivity index (χ4n) is 2.95. The first-order chi connectivity index (χ1) is 9.10. The normalized spacial score (nSPS) is 23.3. The van der Waals surface area contributed by atoms with Crippen LogP contribution in [0.1, 0.15) is 44.6 Å². The van der Waals surface area contributed by atoms with Crippen molar-refractivity contribution in [2.24, 2.45) is 11.8 Å². The molecule has 0 spiro atoms. The Kier molecular flexibility index (Phi) is 4.98. The summed E-state index contributed by atoms with van der Waals surface area (Å²) in [5, 5.41) is 0.111. The van der Waals surface area contributed by atoms with Crippen molar-refractivity contribution in [2.45, 2.75) is 45.4 Å². The molecule has 0 amide bonds. The van der Waals surface area contributed by atoms with Gasteiger partial charge in [-0.1, -0.05) is 43.9 Å². The lowest BCUT2D eigenvalue weighted by Gasteiger charge is -2.27. The van der Waals surface area contributed by atoms with E-state index in [0.717, 1.165) is 31.2 Å². The number of rotatable bonds is 4. The summed E-state index contributed by atoms with van der Waals surface area (Å²) in [5.74, 6) is 0.656. The minimum atomic E-state index is -0.443. The van der Waals surface area contributed by atoms with Crippen molar-refractivity contribution < 1.29 is 9.18 Å². The molecule has 1 saturated carbocycles. The van der Waals surface area contributed by atoms with E-state index in [1.54, 1.807) is 6.07 Å². The van der Waals surface area contributed by atoms with E-state index in [0.29, 0.717) is 12.3 Å². The molecule has 0 aliphatic heterocycles. The van der Waals surface area contributed by atoms with Crippen LogP contribution in [0.2, 0.25) is 5.02 Å². The Balaban J connectivity index is 1.98. The maximum absolute atomic E-state index is 13.3. The van der Waals surface area contributed by atoms with Gasteiger partial charge in [0.1, 0.15) is 11.6 Å². The van der Waals surface area contributed by atoms with Gasteiger partial charge in [0.15, 0.2) is 0 Å². The van der Waals surface area contributed by atoms with E-state index in [-0.39, 0.29) is 16.7 Å². The van der Waals surface area contributed by atoms with Gasteiger partial charge in [0.25, 0.3) is 0 Å². The Morgan fingerprint density at radius 2 is 2.21 bits per heavy atom. The molecule has 3 heteroatoms. The standard InChI is InChI=1S/C16H20ClFO/c1-2-11-4-3-5-13(8-11)16(19)10-12-6-7-14(17)15(18)9-12/h6-7,9,11,13H,2-5,8,10H2,1H3. The molecule has 19 heavy (non-hydrogen) atoms. The number of carbonyl (C=O) groups excluding carboxylic acids is 1. The second-order valence-corrected chi connectivity index (χ2v) is 5.94. The van der Waals surface area contributed by atoms with Crippen molar-refractivity contribution in [3.8, 4) is 0 Å². The molecule has 2 atom stereocenters. The molecule has 0 heterocycles. The molecule has 0 N–H and O–H groups in total. The van der Waals surface area contributed by atoms with Crippen molar-refractivity contribution in [1.29, 1.82) is 0 Å². The third-order valence-electron chi connectivity index (χ3n) is 4.18. The summed E-state index contributed by atoms with van der Waals surface area (Å²) < 4.78 is 13.3. The van der Waals surface area contributed by atoms with E-state index < -0.39 is 5.82 Å². The van der Waals surface area contributed by atoms with Crippen LogP contribution in [0.5, 0.6) is 0 Å². The summed E-state index contributed by atoms with van der Waals surface area (Å²) >= 11 is 5.64. The maximum atomic E-state index is 13.3. The first-order valence-corrected chi connectivity index (χ1v) is 7.44. The molecule has 0 bridgehead atoms. The topological polar surface area (TPSA) is 17.1 Å². The van der Waals surface area contributed by atoms with E-state index in [1.165, 1.54) is 18.6 Å². The number of ketones is 1. The monoisotopic (exact) mass is 282 g/mol. The minimum Gasteiger partial charge on any atom is -0.299 e. The van der Waals surface area contributed by atoms with E-state index in [1.807, 2.05) is 0 Å². The van der Waals surface area contributed by atoms with Crippen molar-refractivity contribution in [1.82, 2.24) is 0 Å². The van der Waals surface area contributed by atoms with Crippen molar-refractivity contribution >= 4 is 17.4 Å². The van der Waals surface area contributed by atoms with Crippen LogP contribution in [0.3, 0.4) is 0 Å². The Labute approximate surface area is 119 Å². The molecule has 1 nitrogen and oxygen atoms in total. The molecular formula is C16H20ClFO. The molecule has 0 radical (unpaired) electrons. The van der Waals surface area contributed by atoms with Crippen LogP contribution in [0, 0.1) is 17.7 Å². The SMILES string of the molecule is CCC1CCCC(C(=O)Cc2ccc(Cl)c(F)c2)C1. The highest BCUT2D eigenvalue weighted by atomic mass is 35.5. The van der Waals surface area contributed by atoms with Gasteiger partial charge in [-0.25, -0.2) is 4.39 Å². The van der Waals surface area contributed by atoms with Gasteiger partial charge in [-0.15, -0.1) is 0 Å². The summed E-state index contributed by atoms with van der Waals surface area (Å²) in [7, 11) is 0. The van der Waals surface area contributed by atoms with E-state index >= 15 is 0 Å². The smallest absolute Gasteiger partial charge is 0.142 e. The Morgan fingerprint density at radius 1 is 1.42 bits per heavy atom. The lowest BCUT2D eigenvalue weighted by atomic mass is 9.77. The highest BCUT2D eigenvalue weighted by molar-refractivity contribution is 6.30. The van der Waals surface area contributed by atoms with E-state index in [2.05, 4.69) is 6.92 Å². The van der Waals surface area contributed by atoms with Crippen LogP contribution in [0.15, 0.2) is 18.2 Å². The summed E-state index contributed by atoms with van der Waals surface area (Å²) in [6.07, 6.45) is 5.87. The van der Waals surface area contributed by atoms with Crippen molar-refractivity contribution in [2.75, 3.05) is 0 Å². The van der Waals surface area contributed by atoms with Gasteiger partial charge < -0.3 is 0 Å². The predicted octanol–water partition coefficient (Wildman–Crippen LogP) is 4.81. The average molecular weight is 283 g/mol. The van der Waals surface area contributed by atoms with Crippen molar-refractivity contribution in [3.05, 3.63) is 34.6 Å². The molecule has 1 aliphatic rings. The number of carbonyl (C=O) groups is 1. The first kappa shape index (κ1) is 14.5. The Bertz CT molecular complexity index is 458. The molecule has 1 aromatic carbocycles. The second-order valence-electron chi connectivity index (χ2n) is 5.53. The third kappa shape index (κ3) is 3.79. The number of hydrogen-bond acceptors (Lipinski definition) is 1. The van der Waals surface area contributed by atoms with E-state index in [9.17, 15) is 9.18 Å². The maximum Gasteiger partial charge on any atom is 0.142 e. The molecule has 1 fully saturated rings. The molecule has 0 aromatic heterocycles. The largest absolute Gasteiger partial charge is 0.299 e. The fourth-order valence-corrected chi connectivity index (χ4v) is 3.07. The molecule has 2 unspecified atom stereocenters. The lowest BCUT2D eigenvalue weighted by Crippen LogP contribution is -2.24. The molecule has 2 rings (SSSR count). The summed E-state index contributed by atoms with van der Waals surface area (Å²) in [6.45, 7) is 2.19. The number of benzene rings is 1. The van der Waals surface area contributed by atoms with Gasteiger partial charge in [0, 0.05) is 12.3 Å². The number of hydrogen-bond donors (Lipinski definition) is 0. The van der Waals surface area contributed by atoms with Gasteiger partial charge in [-0.05, 0) is 36.5 Å². The summed E-state index contributed by atoms with van der Waals surface area (Å²) in [4.78, 5) is 12.3. The Hall–Kier alpha value is -0.890. The van der Waals surface area contributed by atoms with Gasteiger partial charge in [-0.3, -0.25) is 4.79 Å². The molecule has 1 aliphatic carbocycles. The zero-order valence-electron chi connectivity index (χ0n) is 11.3. The molecule has 1 aromatic rings. The predicted molar refractivity (Wildman–Crippen MR) is 75.9 cm³/mol. The quantitative estimate of drug-likeness (QED) is 0.775. The zero-order chi connectivity index (χ0) is 13.8. The van der Waals surface area contributed by atoms with Crippen LogP contribution in [0.4, 0.5) is 4.39 Å². The van der Waals surface area contributed by atoms with Crippen LogP contribution in [-0.4, -0.2) is 5.78 Å². The molecule has 104 valence electrons. The number of halogens is 2. The van der Waals surface area contributed by atoms with Gasteiger partial charge >= 0.3 is 0 Å². The minimum absolute atomic E-state index is 0.111. The average Bonchev–Trinajstić information content (AvgIpc) is 2.43. The highest BCUT2D eigenvalue weighted by Crippen LogP contribution is 2.32. The highest BCUT2D eigenvalue weighted by Gasteiger charge is 2.26. The lowest BCUT2D eigenvalue weighted by molar-refractivity contribution is -0.123. The van der Waals surface area contributed by atoms with Crippen LogP contribution in [0.25, 0.3) is 0 Å². The van der Waals surface area contributed by atoms with Crippen LogP contribution < -0.4 is 0 Å². The van der Waals surface area contributed by atoms with Crippen LogP contribution in [-0.2, 0) is 11.2 Å². The van der Waals surface area contributed by atoms with E-state index in [4.69, 9.17) is 11.6 Å². The zero-order valence-corrected chi connectivity index (χ0v) is 12.0. The van der Waals surface area contributed by atoms with Crippen LogP contribution >= 0.6 is 11.6 Å². The van der Waals surface area contributed by atoms with Gasteiger partial charge in [-0.2, -0.15) is 0 Å². The second kappa shape index (κ2) is 6.51. The van der Waals surface area contributed by atoms with Gasteiger partial charge in [0.2, 0.25) is 0 Å². The summed E-state index contributed by atoms with van der Waals surface area (Å²) in [5.41, 5.74) is 0.727. The Morgan fingerprint density at radius 3 is 2.89 bits per heavy atom. The summed E-state index contributed by atoms with van der Waals surface area (Å²) in [6, 6.07) is 4.64. The third-order valence-corrected chi connectivity index (χ3v) is 4.48. The first-order valence-electron chi connectivity index (χ1n) is 7.06. The fraction of sp³-hybridized carbons (Fsp3) is 0.562. The molecule has 0 saturated heterocycles.